The molecule has 0 atom stereocenters. The molecule has 1 aromatic rings. The van der Waals surface area contributed by atoms with Gasteiger partial charge in [-0.1, -0.05) is 24.3 Å². The molecule has 0 aliphatic carbocycles. The van der Waals surface area contributed by atoms with E-state index in [4.69, 9.17) is 0 Å². The summed E-state index contributed by atoms with van der Waals surface area (Å²) in [6.45, 7) is -4.85. The SMILES string of the molecule is F[B-](F)(F)c1ccc(S)cc1. The fourth-order valence-electron chi connectivity index (χ4n) is 0.693. The van der Waals surface area contributed by atoms with Crippen LogP contribution in [-0.4, -0.2) is 6.98 Å². The van der Waals surface area contributed by atoms with Crippen molar-refractivity contribution in [2.75, 3.05) is 0 Å². The van der Waals surface area contributed by atoms with Crippen LogP contribution in [0.2, 0.25) is 0 Å². The molecule has 0 nitrogen and oxygen atoms in total. The van der Waals surface area contributed by atoms with Gasteiger partial charge in [0.1, 0.15) is 0 Å². The minimum absolute atomic E-state index is 0.536. The molecule has 0 radical (unpaired) electrons. The molecular weight excluding hydrogens is 172 g/mol. The molecule has 0 spiro atoms. The minimum Gasteiger partial charge on any atom is -0.445 e. The Morgan fingerprint density at radius 1 is 1.00 bits per heavy atom. The van der Waals surface area contributed by atoms with Crippen LogP contribution in [-0.2, 0) is 0 Å². The maximum absolute atomic E-state index is 12.0. The highest BCUT2D eigenvalue weighted by Gasteiger charge is 2.24. The predicted molar refractivity (Wildman–Crippen MR) is 42.4 cm³/mol. The van der Waals surface area contributed by atoms with Gasteiger partial charge in [0.15, 0.2) is 0 Å². The van der Waals surface area contributed by atoms with Crippen LogP contribution in [0.1, 0.15) is 0 Å². The van der Waals surface area contributed by atoms with Crippen LogP contribution in [0, 0.1) is 0 Å². The first-order valence-corrected chi connectivity index (χ1v) is 3.44. The molecule has 0 saturated heterocycles. The molecule has 0 bridgehead atoms. The second kappa shape index (κ2) is 2.81. The second-order valence-corrected chi connectivity index (χ2v) is 2.68. The van der Waals surface area contributed by atoms with E-state index in [2.05, 4.69) is 12.6 Å². The lowest BCUT2D eigenvalue weighted by atomic mass is 9.80. The van der Waals surface area contributed by atoms with Crippen molar-refractivity contribution < 1.29 is 12.9 Å². The average Bonchev–Trinajstić information content (AvgIpc) is 1.86. The van der Waals surface area contributed by atoms with E-state index in [1.54, 1.807) is 0 Å². The number of thiol groups is 1. The summed E-state index contributed by atoms with van der Waals surface area (Å²) in [6.07, 6.45) is 0. The van der Waals surface area contributed by atoms with Crippen LogP contribution in [0.4, 0.5) is 12.9 Å². The van der Waals surface area contributed by atoms with Crippen molar-refractivity contribution in [2.24, 2.45) is 0 Å². The van der Waals surface area contributed by atoms with Gasteiger partial charge in [0, 0.05) is 4.90 Å². The van der Waals surface area contributed by atoms with E-state index in [9.17, 15) is 12.9 Å². The Bertz CT molecular complexity index is 241. The van der Waals surface area contributed by atoms with Gasteiger partial charge in [-0.2, -0.15) is 0 Å². The van der Waals surface area contributed by atoms with Crippen molar-refractivity contribution in [1.82, 2.24) is 0 Å². The molecular formula is C6H5BF3S-. The van der Waals surface area contributed by atoms with Crippen molar-refractivity contribution in [3.63, 3.8) is 0 Å². The molecule has 0 unspecified atom stereocenters. The Hall–Kier alpha value is -0.575. The van der Waals surface area contributed by atoms with Crippen molar-refractivity contribution in [3.05, 3.63) is 24.3 Å². The van der Waals surface area contributed by atoms with Crippen LogP contribution in [0.25, 0.3) is 0 Å². The van der Waals surface area contributed by atoms with Crippen LogP contribution in [0.3, 0.4) is 0 Å². The molecule has 0 aromatic heterocycles. The summed E-state index contributed by atoms with van der Waals surface area (Å²) < 4.78 is 35.9. The molecule has 0 amide bonds. The van der Waals surface area contributed by atoms with Gasteiger partial charge in [0.05, 0.1) is 0 Å². The smallest absolute Gasteiger partial charge is 0.445 e. The van der Waals surface area contributed by atoms with Crippen LogP contribution in [0.15, 0.2) is 29.2 Å². The van der Waals surface area contributed by atoms with E-state index in [0.717, 1.165) is 12.1 Å². The summed E-state index contributed by atoms with van der Waals surface area (Å²) in [5.41, 5.74) is -0.581. The van der Waals surface area contributed by atoms with Gasteiger partial charge in [-0.3, -0.25) is 0 Å². The Balaban J connectivity index is 2.99. The van der Waals surface area contributed by atoms with Crippen LogP contribution >= 0.6 is 12.6 Å². The maximum Gasteiger partial charge on any atom is 0.509 e. The van der Waals surface area contributed by atoms with Crippen LogP contribution < -0.4 is 5.46 Å². The van der Waals surface area contributed by atoms with E-state index in [-0.39, 0.29) is 0 Å². The lowest BCUT2D eigenvalue weighted by Crippen LogP contribution is -2.33. The van der Waals surface area contributed by atoms with Crippen molar-refractivity contribution in [3.8, 4) is 0 Å². The van der Waals surface area contributed by atoms with Crippen molar-refractivity contribution >= 4 is 25.1 Å². The predicted octanol–water partition coefficient (Wildman–Crippen LogP) is 2.03. The molecule has 0 N–H and O–H groups in total. The number of hydrogen-bond acceptors (Lipinski definition) is 1. The third-order valence-corrected chi connectivity index (χ3v) is 1.57. The number of rotatable bonds is 1. The average molecular weight is 177 g/mol. The zero-order chi connectivity index (χ0) is 8.48. The van der Waals surface area contributed by atoms with Gasteiger partial charge in [-0.25, -0.2) is 0 Å². The van der Waals surface area contributed by atoms with E-state index in [0.29, 0.717) is 4.90 Å². The lowest BCUT2D eigenvalue weighted by molar-refractivity contribution is 0.501. The molecule has 60 valence electrons. The largest absolute Gasteiger partial charge is 0.509 e. The lowest BCUT2D eigenvalue weighted by Gasteiger charge is -2.13. The molecule has 0 aliphatic rings. The van der Waals surface area contributed by atoms with Gasteiger partial charge in [0.25, 0.3) is 0 Å². The molecule has 5 heteroatoms. The number of hydrogen-bond donors (Lipinski definition) is 1. The van der Waals surface area contributed by atoms with Gasteiger partial charge in [0.2, 0.25) is 0 Å². The molecule has 0 heterocycles. The van der Waals surface area contributed by atoms with E-state index >= 15 is 0 Å². The Kier molecular flexibility index (Phi) is 2.18. The van der Waals surface area contributed by atoms with Gasteiger partial charge < -0.3 is 12.9 Å². The van der Waals surface area contributed by atoms with Gasteiger partial charge >= 0.3 is 6.98 Å². The number of halogens is 3. The first kappa shape index (κ1) is 8.52. The van der Waals surface area contributed by atoms with Crippen molar-refractivity contribution in [2.45, 2.75) is 4.90 Å². The summed E-state index contributed by atoms with van der Waals surface area (Å²) in [5, 5.41) is 0. The van der Waals surface area contributed by atoms with E-state index in [1.807, 2.05) is 0 Å². The molecule has 11 heavy (non-hydrogen) atoms. The summed E-state index contributed by atoms with van der Waals surface area (Å²) >= 11 is 3.87. The molecule has 0 saturated carbocycles. The quantitative estimate of drug-likeness (QED) is 0.492. The van der Waals surface area contributed by atoms with E-state index in [1.165, 1.54) is 12.1 Å². The van der Waals surface area contributed by atoms with Gasteiger partial charge in [-0.05, 0) is 0 Å². The highest BCUT2D eigenvalue weighted by molar-refractivity contribution is 7.80. The standard InChI is InChI=1S/C6H5BF3S/c8-7(9,10)5-1-3-6(11)4-2-5/h1-4,11H/q-1. The summed E-state index contributed by atoms with van der Waals surface area (Å²) in [7, 11) is 0. The van der Waals surface area contributed by atoms with Gasteiger partial charge in [-0.15, -0.1) is 18.1 Å². The fourth-order valence-corrected chi connectivity index (χ4v) is 0.842. The Morgan fingerprint density at radius 2 is 1.45 bits per heavy atom. The highest BCUT2D eigenvalue weighted by Crippen LogP contribution is 2.10. The normalized spacial score (nSPS) is 11.6. The van der Waals surface area contributed by atoms with Crippen LogP contribution in [0.5, 0.6) is 0 Å². The highest BCUT2D eigenvalue weighted by atomic mass is 32.1. The fraction of sp³-hybridized carbons (Fsp3) is 0. The third-order valence-electron chi connectivity index (χ3n) is 1.27. The molecule has 0 aliphatic heterocycles. The molecule has 0 fully saturated rings. The zero-order valence-corrected chi connectivity index (χ0v) is 6.36. The minimum atomic E-state index is -4.85. The zero-order valence-electron chi connectivity index (χ0n) is 5.47. The molecule has 1 aromatic carbocycles. The topological polar surface area (TPSA) is 0 Å². The molecule has 1 rings (SSSR count). The van der Waals surface area contributed by atoms with E-state index < -0.39 is 12.4 Å². The first-order chi connectivity index (χ1) is 5.00. The second-order valence-electron chi connectivity index (χ2n) is 2.17. The van der Waals surface area contributed by atoms with Crippen molar-refractivity contribution in [1.29, 1.82) is 0 Å². The Labute approximate surface area is 67.9 Å². The third kappa shape index (κ3) is 2.18. The summed E-state index contributed by atoms with van der Waals surface area (Å²) in [5.74, 6) is 0. The summed E-state index contributed by atoms with van der Waals surface area (Å²) in [4.78, 5) is 0.536. The monoisotopic (exact) mass is 177 g/mol. The summed E-state index contributed by atoms with van der Waals surface area (Å²) in [6, 6.07) is 4.71. The Morgan fingerprint density at radius 3 is 1.82 bits per heavy atom. The maximum atomic E-state index is 12.0. The first-order valence-electron chi connectivity index (χ1n) is 2.99. The number of benzene rings is 1.